The Kier molecular flexibility index (Phi) is 5.55. The molecule has 1 rings (SSSR count). The van der Waals surface area contributed by atoms with Crippen molar-refractivity contribution >= 4 is 11.9 Å². The van der Waals surface area contributed by atoms with E-state index in [9.17, 15) is 14.7 Å². The van der Waals surface area contributed by atoms with E-state index in [4.69, 9.17) is 4.74 Å². The van der Waals surface area contributed by atoms with Crippen molar-refractivity contribution in [2.75, 3.05) is 6.61 Å². The van der Waals surface area contributed by atoms with Gasteiger partial charge in [-0.1, -0.05) is 37.3 Å². The molecule has 4 heteroatoms. The van der Waals surface area contributed by atoms with Crippen molar-refractivity contribution in [1.82, 2.24) is 0 Å². The van der Waals surface area contributed by atoms with Crippen LogP contribution in [0.4, 0.5) is 0 Å². The molecule has 0 spiro atoms. The summed E-state index contributed by atoms with van der Waals surface area (Å²) >= 11 is 0. The second-order valence-corrected chi connectivity index (χ2v) is 4.45. The highest BCUT2D eigenvalue weighted by Gasteiger charge is 2.45. The van der Waals surface area contributed by atoms with Gasteiger partial charge >= 0.3 is 11.9 Å². The smallest absolute Gasteiger partial charge is 0.323 e. The van der Waals surface area contributed by atoms with Gasteiger partial charge in [0.05, 0.1) is 6.61 Å². The van der Waals surface area contributed by atoms with Gasteiger partial charge in [-0.15, -0.1) is 0 Å². The summed E-state index contributed by atoms with van der Waals surface area (Å²) in [7, 11) is 0. The molecule has 1 aromatic carbocycles. The van der Waals surface area contributed by atoms with Gasteiger partial charge in [0.25, 0.3) is 0 Å². The number of carboxylic acid groups (broad SMARTS) is 1. The molecule has 0 aliphatic carbocycles. The Labute approximate surface area is 113 Å². The highest BCUT2D eigenvalue weighted by molar-refractivity contribution is 5.99. The molecule has 4 nitrogen and oxygen atoms in total. The largest absolute Gasteiger partial charge is 0.480 e. The van der Waals surface area contributed by atoms with E-state index < -0.39 is 17.4 Å². The number of hydrogen-bond donors (Lipinski definition) is 1. The predicted molar refractivity (Wildman–Crippen MR) is 71.8 cm³/mol. The van der Waals surface area contributed by atoms with Crippen molar-refractivity contribution in [1.29, 1.82) is 0 Å². The summed E-state index contributed by atoms with van der Waals surface area (Å²) < 4.78 is 4.93. The van der Waals surface area contributed by atoms with Crippen LogP contribution in [0.15, 0.2) is 30.3 Å². The number of aliphatic carboxylic acids is 1. The van der Waals surface area contributed by atoms with Crippen molar-refractivity contribution < 1.29 is 19.4 Å². The zero-order valence-corrected chi connectivity index (χ0v) is 11.4. The highest BCUT2D eigenvalue weighted by atomic mass is 16.5. The number of aryl methyl sites for hydroxylation is 1. The minimum absolute atomic E-state index is 0.194. The molecule has 0 fully saturated rings. The minimum Gasteiger partial charge on any atom is -0.480 e. The van der Waals surface area contributed by atoms with Gasteiger partial charge in [-0.25, -0.2) is 0 Å². The Morgan fingerprint density at radius 3 is 2.32 bits per heavy atom. The van der Waals surface area contributed by atoms with Crippen molar-refractivity contribution in [3.8, 4) is 0 Å². The first-order valence-electron chi connectivity index (χ1n) is 6.51. The van der Waals surface area contributed by atoms with Crippen LogP contribution >= 0.6 is 0 Å². The Balaban J connectivity index is 2.86. The van der Waals surface area contributed by atoms with Gasteiger partial charge in [-0.2, -0.15) is 0 Å². The first-order chi connectivity index (χ1) is 9.06. The van der Waals surface area contributed by atoms with Crippen molar-refractivity contribution in [3.63, 3.8) is 0 Å². The van der Waals surface area contributed by atoms with Gasteiger partial charge in [-0.3, -0.25) is 9.59 Å². The lowest BCUT2D eigenvalue weighted by Gasteiger charge is -2.25. The van der Waals surface area contributed by atoms with Crippen LogP contribution in [0.1, 0.15) is 32.3 Å². The van der Waals surface area contributed by atoms with Crippen LogP contribution in [0.2, 0.25) is 0 Å². The van der Waals surface area contributed by atoms with Crippen LogP contribution in [-0.4, -0.2) is 23.7 Å². The first kappa shape index (κ1) is 15.2. The Hall–Kier alpha value is -1.84. The number of rotatable bonds is 7. The highest BCUT2D eigenvalue weighted by Crippen LogP contribution is 2.30. The SMILES string of the molecule is CCOC(=O)C(CC)(CCc1ccccc1)C(=O)O. The molecule has 0 amide bonds. The lowest BCUT2D eigenvalue weighted by molar-refractivity contribution is -0.169. The second kappa shape index (κ2) is 6.92. The number of carbonyl (C=O) groups is 2. The first-order valence-corrected chi connectivity index (χ1v) is 6.51. The maximum atomic E-state index is 12.0. The van der Waals surface area contributed by atoms with Crippen LogP contribution < -0.4 is 0 Å². The van der Waals surface area contributed by atoms with Gasteiger partial charge in [0, 0.05) is 0 Å². The molecule has 0 saturated heterocycles. The molecule has 1 aromatic rings. The lowest BCUT2D eigenvalue weighted by Crippen LogP contribution is -2.40. The molecule has 0 aromatic heterocycles. The summed E-state index contributed by atoms with van der Waals surface area (Å²) in [5.41, 5.74) is -0.419. The molecule has 1 atom stereocenters. The fraction of sp³-hybridized carbons (Fsp3) is 0.467. The fourth-order valence-electron chi connectivity index (χ4n) is 2.04. The van der Waals surface area contributed by atoms with Crippen molar-refractivity contribution in [2.24, 2.45) is 5.41 Å². The Morgan fingerprint density at radius 2 is 1.84 bits per heavy atom. The molecule has 0 radical (unpaired) electrons. The molecule has 19 heavy (non-hydrogen) atoms. The third-order valence-corrected chi connectivity index (χ3v) is 3.36. The zero-order chi connectivity index (χ0) is 14.3. The molecule has 104 valence electrons. The molecule has 1 unspecified atom stereocenters. The number of benzene rings is 1. The van der Waals surface area contributed by atoms with E-state index in [1.807, 2.05) is 30.3 Å². The van der Waals surface area contributed by atoms with Crippen molar-refractivity contribution in [2.45, 2.75) is 33.1 Å². The maximum Gasteiger partial charge on any atom is 0.323 e. The third kappa shape index (κ3) is 3.56. The van der Waals surface area contributed by atoms with E-state index in [1.165, 1.54) is 0 Å². The van der Waals surface area contributed by atoms with Crippen LogP contribution in [0, 0.1) is 5.41 Å². The predicted octanol–water partition coefficient (Wildman–Crippen LogP) is 2.66. The monoisotopic (exact) mass is 264 g/mol. The van der Waals surface area contributed by atoms with Crippen LogP contribution in [0.5, 0.6) is 0 Å². The summed E-state index contributed by atoms with van der Waals surface area (Å²) in [6.07, 6.45) is 1.02. The van der Waals surface area contributed by atoms with E-state index in [0.717, 1.165) is 5.56 Å². The van der Waals surface area contributed by atoms with Gasteiger partial charge in [-0.05, 0) is 31.7 Å². The molecule has 0 aliphatic rings. The van der Waals surface area contributed by atoms with Gasteiger partial charge in [0.2, 0.25) is 0 Å². The molecule has 0 aliphatic heterocycles. The lowest BCUT2D eigenvalue weighted by atomic mass is 9.79. The van der Waals surface area contributed by atoms with E-state index in [1.54, 1.807) is 13.8 Å². The van der Waals surface area contributed by atoms with Gasteiger partial charge in [0.1, 0.15) is 0 Å². The van der Waals surface area contributed by atoms with E-state index >= 15 is 0 Å². The third-order valence-electron chi connectivity index (χ3n) is 3.36. The summed E-state index contributed by atoms with van der Waals surface area (Å²) in [4.78, 5) is 23.4. The van der Waals surface area contributed by atoms with Gasteiger partial charge < -0.3 is 9.84 Å². The molecular formula is C15H20O4. The normalized spacial score (nSPS) is 13.6. The Morgan fingerprint density at radius 1 is 1.21 bits per heavy atom. The Bertz CT molecular complexity index is 427. The molecular weight excluding hydrogens is 244 g/mol. The number of carbonyl (C=O) groups excluding carboxylic acids is 1. The molecule has 0 saturated carbocycles. The topological polar surface area (TPSA) is 63.6 Å². The van der Waals surface area contributed by atoms with E-state index in [-0.39, 0.29) is 19.4 Å². The van der Waals surface area contributed by atoms with Crippen LogP contribution in [0.25, 0.3) is 0 Å². The standard InChI is InChI=1S/C15H20O4/c1-3-15(13(16)17,14(18)19-4-2)11-10-12-8-6-5-7-9-12/h5-9H,3-4,10-11H2,1-2H3,(H,16,17). The minimum atomic E-state index is -1.44. The summed E-state index contributed by atoms with van der Waals surface area (Å²) in [5, 5.41) is 9.40. The maximum absolute atomic E-state index is 12.0. The molecule has 1 N–H and O–H groups in total. The number of carboxylic acids is 1. The van der Waals surface area contributed by atoms with E-state index in [0.29, 0.717) is 6.42 Å². The number of ether oxygens (including phenoxy) is 1. The zero-order valence-electron chi connectivity index (χ0n) is 11.4. The number of esters is 1. The molecule has 0 heterocycles. The average molecular weight is 264 g/mol. The second-order valence-electron chi connectivity index (χ2n) is 4.45. The summed E-state index contributed by atoms with van der Waals surface area (Å²) in [6.45, 7) is 3.58. The van der Waals surface area contributed by atoms with Crippen LogP contribution in [-0.2, 0) is 20.7 Å². The number of hydrogen-bond acceptors (Lipinski definition) is 3. The quantitative estimate of drug-likeness (QED) is 0.607. The van der Waals surface area contributed by atoms with Crippen LogP contribution in [0.3, 0.4) is 0 Å². The average Bonchev–Trinajstić information content (AvgIpc) is 2.41. The summed E-state index contributed by atoms with van der Waals surface area (Å²) in [5.74, 6) is -1.75. The van der Waals surface area contributed by atoms with Crippen molar-refractivity contribution in [3.05, 3.63) is 35.9 Å². The molecule has 0 bridgehead atoms. The summed E-state index contributed by atoms with van der Waals surface area (Å²) in [6, 6.07) is 9.54. The van der Waals surface area contributed by atoms with Gasteiger partial charge in [0.15, 0.2) is 5.41 Å². The fourth-order valence-corrected chi connectivity index (χ4v) is 2.04. The van der Waals surface area contributed by atoms with E-state index in [2.05, 4.69) is 0 Å².